The van der Waals surface area contributed by atoms with E-state index in [2.05, 4.69) is 26.2 Å². The van der Waals surface area contributed by atoms with Crippen LogP contribution in [-0.2, 0) is 4.79 Å². The summed E-state index contributed by atoms with van der Waals surface area (Å²) in [5.41, 5.74) is 4.09. The maximum absolute atomic E-state index is 12.0. The van der Waals surface area contributed by atoms with Crippen LogP contribution in [0, 0.1) is 6.92 Å². The molecule has 0 spiro atoms. The Labute approximate surface area is 153 Å². The molecule has 0 aliphatic carbocycles. The number of amides is 1. The van der Waals surface area contributed by atoms with Crippen LogP contribution >= 0.6 is 27.3 Å². The minimum absolute atomic E-state index is 0.192. The van der Waals surface area contributed by atoms with E-state index in [-0.39, 0.29) is 5.91 Å². The lowest BCUT2D eigenvalue weighted by Crippen LogP contribution is -2.07. The van der Waals surface area contributed by atoms with Crippen molar-refractivity contribution in [1.82, 2.24) is 4.98 Å². The van der Waals surface area contributed by atoms with Crippen LogP contribution in [0.2, 0.25) is 0 Å². The van der Waals surface area contributed by atoms with Crippen molar-refractivity contribution in [3.63, 3.8) is 0 Å². The van der Waals surface area contributed by atoms with Crippen LogP contribution in [0.5, 0.6) is 0 Å². The quantitative estimate of drug-likeness (QED) is 0.586. The van der Waals surface area contributed by atoms with E-state index in [9.17, 15) is 4.79 Å². The predicted molar refractivity (Wildman–Crippen MR) is 104 cm³/mol. The van der Waals surface area contributed by atoms with Crippen molar-refractivity contribution in [1.29, 1.82) is 0 Å². The summed E-state index contributed by atoms with van der Waals surface area (Å²) in [6.07, 6.45) is 3.28. The van der Waals surface area contributed by atoms with Gasteiger partial charge in [0.1, 0.15) is 0 Å². The minimum atomic E-state index is -0.192. The number of carbonyl (C=O) groups excluding carboxylic acids is 1. The number of halogens is 1. The Balaban J connectivity index is 1.64. The largest absolute Gasteiger partial charge is 0.298 e. The lowest BCUT2D eigenvalue weighted by Gasteiger charge is -1.98. The molecule has 0 fully saturated rings. The lowest BCUT2D eigenvalue weighted by atomic mass is 10.1. The van der Waals surface area contributed by atoms with E-state index in [1.165, 1.54) is 23.0 Å². The Morgan fingerprint density at radius 1 is 1.12 bits per heavy atom. The first-order chi connectivity index (χ1) is 11.6. The molecule has 24 heavy (non-hydrogen) atoms. The van der Waals surface area contributed by atoms with Crippen molar-refractivity contribution < 1.29 is 4.79 Å². The molecule has 0 bridgehead atoms. The van der Waals surface area contributed by atoms with E-state index < -0.39 is 0 Å². The SMILES string of the molecule is Cc1ccc(-c2csc(NC(=O)/C=C/c3ccc(Br)cc3)n2)cc1. The second kappa shape index (κ2) is 7.55. The Morgan fingerprint density at radius 2 is 1.83 bits per heavy atom. The summed E-state index contributed by atoms with van der Waals surface area (Å²) < 4.78 is 1.01. The summed E-state index contributed by atoms with van der Waals surface area (Å²) in [5.74, 6) is -0.192. The summed E-state index contributed by atoms with van der Waals surface area (Å²) in [4.78, 5) is 16.5. The van der Waals surface area contributed by atoms with Gasteiger partial charge in [-0.25, -0.2) is 4.98 Å². The van der Waals surface area contributed by atoms with Crippen molar-refractivity contribution >= 4 is 44.4 Å². The van der Waals surface area contributed by atoms with Gasteiger partial charge in [0, 0.05) is 21.5 Å². The summed E-state index contributed by atoms with van der Waals surface area (Å²) in [5, 5.41) is 5.33. The van der Waals surface area contributed by atoms with Crippen LogP contribution in [-0.4, -0.2) is 10.9 Å². The van der Waals surface area contributed by atoms with Crippen molar-refractivity contribution in [2.24, 2.45) is 0 Å². The van der Waals surface area contributed by atoms with Crippen LogP contribution in [0.4, 0.5) is 5.13 Å². The Kier molecular flexibility index (Phi) is 5.23. The highest BCUT2D eigenvalue weighted by Gasteiger charge is 2.06. The molecule has 1 aromatic heterocycles. The lowest BCUT2D eigenvalue weighted by molar-refractivity contribution is -0.111. The molecule has 1 amide bonds. The van der Waals surface area contributed by atoms with Crippen LogP contribution in [0.1, 0.15) is 11.1 Å². The molecule has 3 nitrogen and oxygen atoms in total. The average Bonchev–Trinajstić information content (AvgIpc) is 3.03. The number of aryl methyl sites for hydroxylation is 1. The molecule has 0 saturated carbocycles. The van der Waals surface area contributed by atoms with E-state index in [0.29, 0.717) is 5.13 Å². The van der Waals surface area contributed by atoms with E-state index in [4.69, 9.17) is 0 Å². The molecule has 3 rings (SSSR count). The van der Waals surface area contributed by atoms with E-state index in [1.807, 2.05) is 60.8 Å². The number of benzene rings is 2. The highest BCUT2D eigenvalue weighted by atomic mass is 79.9. The van der Waals surface area contributed by atoms with Crippen molar-refractivity contribution in [3.8, 4) is 11.3 Å². The molecule has 1 N–H and O–H groups in total. The number of hydrogen-bond donors (Lipinski definition) is 1. The van der Waals surface area contributed by atoms with Crippen molar-refractivity contribution in [2.75, 3.05) is 5.32 Å². The van der Waals surface area contributed by atoms with E-state index in [0.717, 1.165) is 21.3 Å². The van der Waals surface area contributed by atoms with Gasteiger partial charge in [-0.3, -0.25) is 10.1 Å². The number of nitrogens with one attached hydrogen (secondary N) is 1. The third-order valence-corrected chi connectivity index (χ3v) is 4.67. The fourth-order valence-corrected chi connectivity index (χ4v) is 3.07. The first kappa shape index (κ1) is 16.6. The Morgan fingerprint density at radius 3 is 2.54 bits per heavy atom. The number of anilines is 1. The van der Waals surface area contributed by atoms with Gasteiger partial charge >= 0.3 is 0 Å². The predicted octanol–water partition coefficient (Wildman–Crippen LogP) is 5.53. The second-order valence-electron chi connectivity index (χ2n) is 5.28. The van der Waals surface area contributed by atoms with Crippen LogP contribution in [0.15, 0.2) is 64.5 Å². The van der Waals surface area contributed by atoms with Gasteiger partial charge < -0.3 is 0 Å². The van der Waals surface area contributed by atoms with Crippen LogP contribution in [0.25, 0.3) is 17.3 Å². The molecule has 0 atom stereocenters. The number of hydrogen-bond acceptors (Lipinski definition) is 3. The first-order valence-corrected chi connectivity index (χ1v) is 9.04. The summed E-state index contributed by atoms with van der Waals surface area (Å²) in [6.45, 7) is 2.05. The van der Waals surface area contributed by atoms with Gasteiger partial charge in [-0.2, -0.15) is 0 Å². The Hall–Kier alpha value is -2.24. The zero-order valence-electron chi connectivity index (χ0n) is 13.0. The van der Waals surface area contributed by atoms with E-state index in [1.54, 1.807) is 6.08 Å². The zero-order valence-corrected chi connectivity index (χ0v) is 15.4. The highest BCUT2D eigenvalue weighted by Crippen LogP contribution is 2.25. The molecule has 0 unspecified atom stereocenters. The van der Waals surface area contributed by atoms with Gasteiger partial charge in [-0.05, 0) is 30.7 Å². The van der Waals surface area contributed by atoms with Gasteiger partial charge in [0.05, 0.1) is 5.69 Å². The van der Waals surface area contributed by atoms with Gasteiger partial charge in [0.2, 0.25) is 5.91 Å². The number of thiazole rings is 1. The zero-order chi connectivity index (χ0) is 16.9. The third kappa shape index (κ3) is 4.40. The molecule has 0 saturated heterocycles. The topological polar surface area (TPSA) is 42.0 Å². The first-order valence-electron chi connectivity index (χ1n) is 7.37. The van der Waals surface area contributed by atoms with Gasteiger partial charge in [0.15, 0.2) is 5.13 Å². The number of aromatic nitrogens is 1. The Bertz CT molecular complexity index is 867. The van der Waals surface area contributed by atoms with Crippen LogP contribution < -0.4 is 5.32 Å². The van der Waals surface area contributed by atoms with Crippen molar-refractivity contribution in [3.05, 3.63) is 75.6 Å². The molecule has 0 aliphatic rings. The molecule has 3 aromatic rings. The fraction of sp³-hybridized carbons (Fsp3) is 0.0526. The second-order valence-corrected chi connectivity index (χ2v) is 7.05. The molecule has 0 radical (unpaired) electrons. The molecule has 1 heterocycles. The number of nitrogens with zero attached hydrogens (tertiary/aromatic N) is 1. The van der Waals surface area contributed by atoms with Gasteiger partial charge in [-0.1, -0.05) is 57.9 Å². The van der Waals surface area contributed by atoms with Gasteiger partial charge in [0.25, 0.3) is 0 Å². The highest BCUT2D eigenvalue weighted by molar-refractivity contribution is 9.10. The normalized spacial score (nSPS) is 10.9. The summed E-state index contributed by atoms with van der Waals surface area (Å²) in [7, 11) is 0. The monoisotopic (exact) mass is 398 g/mol. The maximum atomic E-state index is 12.0. The maximum Gasteiger partial charge on any atom is 0.250 e. The molecular formula is C19H15BrN2OS. The smallest absolute Gasteiger partial charge is 0.250 e. The fourth-order valence-electron chi connectivity index (χ4n) is 2.08. The average molecular weight is 399 g/mol. The molecule has 5 heteroatoms. The molecule has 2 aromatic carbocycles. The molecule has 0 aliphatic heterocycles. The van der Waals surface area contributed by atoms with Gasteiger partial charge in [-0.15, -0.1) is 11.3 Å². The summed E-state index contributed by atoms with van der Waals surface area (Å²) in [6, 6.07) is 15.9. The van der Waals surface area contributed by atoms with Crippen molar-refractivity contribution in [2.45, 2.75) is 6.92 Å². The minimum Gasteiger partial charge on any atom is -0.298 e. The standard InChI is InChI=1S/C19H15BrN2OS/c1-13-2-7-15(8-3-13)17-12-24-19(21-17)22-18(23)11-6-14-4-9-16(20)10-5-14/h2-12H,1H3,(H,21,22,23)/b11-6+. The molecular weight excluding hydrogens is 384 g/mol. The number of carbonyl (C=O) groups is 1. The third-order valence-electron chi connectivity index (χ3n) is 3.38. The van der Waals surface area contributed by atoms with E-state index >= 15 is 0 Å². The number of rotatable bonds is 4. The molecule has 120 valence electrons. The van der Waals surface area contributed by atoms with Crippen LogP contribution in [0.3, 0.4) is 0 Å². The summed E-state index contributed by atoms with van der Waals surface area (Å²) >= 11 is 4.80.